The van der Waals surface area contributed by atoms with E-state index in [0.717, 1.165) is 28.3 Å². The van der Waals surface area contributed by atoms with Gasteiger partial charge in [-0.05, 0) is 66.8 Å². The molecule has 0 aliphatic carbocycles. The lowest BCUT2D eigenvalue weighted by molar-refractivity contribution is -0.114. The first kappa shape index (κ1) is 18.6. The van der Waals surface area contributed by atoms with E-state index in [0.29, 0.717) is 10.7 Å². The molecule has 3 aromatic rings. The van der Waals surface area contributed by atoms with E-state index in [1.807, 2.05) is 31.4 Å². The summed E-state index contributed by atoms with van der Waals surface area (Å²) in [5.74, 6) is -0.184. The van der Waals surface area contributed by atoms with Crippen LogP contribution in [0.3, 0.4) is 0 Å². The maximum absolute atomic E-state index is 12.6. The highest BCUT2D eigenvalue weighted by atomic mass is 32.2. The third-order valence-electron chi connectivity index (χ3n) is 5.55. The van der Waals surface area contributed by atoms with Crippen molar-refractivity contribution >= 4 is 45.5 Å². The Balaban J connectivity index is 1.59. The lowest BCUT2D eigenvalue weighted by Gasteiger charge is -2.25. The molecular formula is C24H20N4OS. The molecule has 6 heteroatoms. The Morgan fingerprint density at radius 2 is 1.80 bits per heavy atom. The number of benzene rings is 2. The Hall–Kier alpha value is -3.38. The van der Waals surface area contributed by atoms with Gasteiger partial charge in [-0.1, -0.05) is 42.1 Å². The zero-order chi connectivity index (χ0) is 21.0. The summed E-state index contributed by atoms with van der Waals surface area (Å²) in [6, 6.07) is 16.8. The van der Waals surface area contributed by atoms with Gasteiger partial charge in [0.05, 0.1) is 5.57 Å². The number of rotatable bonds is 2. The van der Waals surface area contributed by atoms with Crippen LogP contribution >= 0.6 is 11.8 Å². The number of allylic oxidation sites excluding steroid dienone is 1. The van der Waals surface area contributed by atoms with E-state index in [1.54, 1.807) is 11.0 Å². The molecule has 3 heterocycles. The Kier molecular flexibility index (Phi) is 4.25. The highest BCUT2D eigenvalue weighted by molar-refractivity contribution is 8.16. The zero-order valence-corrected chi connectivity index (χ0v) is 17.7. The number of nitrogens with one attached hydrogen (secondary N) is 1. The summed E-state index contributed by atoms with van der Waals surface area (Å²) in [7, 11) is 0. The fourth-order valence-electron chi connectivity index (χ4n) is 4.04. The van der Waals surface area contributed by atoms with Crippen molar-refractivity contribution in [3.63, 3.8) is 0 Å². The van der Waals surface area contributed by atoms with Crippen molar-refractivity contribution in [1.29, 1.82) is 5.41 Å². The molecule has 2 aliphatic heterocycles. The predicted molar refractivity (Wildman–Crippen MR) is 124 cm³/mol. The van der Waals surface area contributed by atoms with Gasteiger partial charge in [0, 0.05) is 22.8 Å². The highest BCUT2D eigenvalue weighted by Crippen LogP contribution is 2.33. The van der Waals surface area contributed by atoms with Gasteiger partial charge in [-0.2, -0.15) is 4.99 Å². The van der Waals surface area contributed by atoms with Crippen LogP contribution in [0.15, 0.2) is 70.2 Å². The van der Waals surface area contributed by atoms with Crippen molar-refractivity contribution in [2.45, 2.75) is 20.8 Å². The third kappa shape index (κ3) is 2.83. The zero-order valence-electron chi connectivity index (χ0n) is 16.9. The average molecular weight is 413 g/mol. The molecule has 1 N–H and O–H groups in total. The van der Waals surface area contributed by atoms with Crippen LogP contribution in [0.2, 0.25) is 0 Å². The smallest absolute Gasteiger partial charge is 0.283 e. The highest BCUT2D eigenvalue weighted by Gasteiger charge is 2.34. The van der Waals surface area contributed by atoms with Crippen molar-refractivity contribution in [3.05, 3.63) is 82.2 Å². The van der Waals surface area contributed by atoms with Gasteiger partial charge < -0.3 is 4.57 Å². The van der Waals surface area contributed by atoms with E-state index in [9.17, 15) is 4.79 Å². The number of thioether (sulfide) groups is 1. The quantitative estimate of drug-likeness (QED) is 0.572. The second-order valence-corrected chi connectivity index (χ2v) is 8.35. The van der Waals surface area contributed by atoms with E-state index < -0.39 is 0 Å². The largest absolute Gasteiger partial charge is 0.318 e. The number of fused-ring (bicyclic) bond motifs is 2. The van der Waals surface area contributed by atoms with E-state index in [4.69, 9.17) is 5.41 Å². The molecule has 2 aliphatic rings. The van der Waals surface area contributed by atoms with Gasteiger partial charge in [0.1, 0.15) is 5.84 Å². The molecule has 2 aromatic carbocycles. The first-order chi connectivity index (χ1) is 14.4. The summed E-state index contributed by atoms with van der Waals surface area (Å²) >= 11 is 1.38. The molecule has 5 rings (SSSR count). The molecule has 0 saturated heterocycles. The number of amidine groups is 2. The number of aryl methyl sites for hydroxylation is 1. The van der Waals surface area contributed by atoms with Crippen LogP contribution in [0.1, 0.15) is 23.9 Å². The van der Waals surface area contributed by atoms with Gasteiger partial charge in [0.2, 0.25) is 0 Å². The first-order valence-electron chi connectivity index (χ1n) is 9.69. The Morgan fingerprint density at radius 1 is 1.03 bits per heavy atom. The lowest BCUT2D eigenvalue weighted by Crippen LogP contribution is -2.37. The maximum atomic E-state index is 12.6. The Morgan fingerprint density at radius 3 is 2.60 bits per heavy atom. The minimum atomic E-state index is -0.364. The number of carbonyl (C=O) groups excluding carboxylic acids is 1. The molecule has 0 unspecified atom stereocenters. The summed E-state index contributed by atoms with van der Waals surface area (Å²) in [4.78, 5) is 18.5. The van der Waals surface area contributed by atoms with Crippen LogP contribution in [0.5, 0.6) is 0 Å². The normalized spacial score (nSPS) is 17.6. The molecule has 0 radical (unpaired) electrons. The number of hydrogen-bond acceptors (Lipinski definition) is 3. The van der Waals surface area contributed by atoms with Crippen LogP contribution in [-0.4, -0.2) is 26.4 Å². The predicted octanol–water partition coefficient (Wildman–Crippen LogP) is 5.41. The number of hydrogen-bond donors (Lipinski definition) is 1. The fourth-order valence-corrected chi connectivity index (χ4v) is 4.90. The molecular weight excluding hydrogens is 392 g/mol. The van der Waals surface area contributed by atoms with Gasteiger partial charge in [-0.25, -0.2) is 0 Å². The van der Waals surface area contributed by atoms with E-state index in [2.05, 4.69) is 52.9 Å². The molecule has 30 heavy (non-hydrogen) atoms. The van der Waals surface area contributed by atoms with Crippen molar-refractivity contribution < 1.29 is 4.79 Å². The van der Waals surface area contributed by atoms with Gasteiger partial charge in [-0.15, -0.1) is 0 Å². The molecule has 0 atom stereocenters. The average Bonchev–Trinajstić information content (AvgIpc) is 3.23. The lowest BCUT2D eigenvalue weighted by atomic mass is 10.1. The van der Waals surface area contributed by atoms with Gasteiger partial charge in [0.25, 0.3) is 5.91 Å². The molecule has 0 spiro atoms. The number of aliphatic imine (C=N–C) groups is 1. The molecule has 0 bridgehead atoms. The van der Waals surface area contributed by atoms with Crippen molar-refractivity contribution in [2.75, 3.05) is 0 Å². The van der Waals surface area contributed by atoms with Crippen LogP contribution in [0.4, 0.5) is 0 Å². The van der Waals surface area contributed by atoms with Crippen LogP contribution in [0.25, 0.3) is 22.5 Å². The molecule has 148 valence electrons. The van der Waals surface area contributed by atoms with E-state index in [-0.39, 0.29) is 11.7 Å². The van der Waals surface area contributed by atoms with Crippen molar-refractivity contribution in [3.8, 4) is 5.69 Å². The third-order valence-corrected chi connectivity index (χ3v) is 6.49. The molecule has 0 fully saturated rings. The summed E-state index contributed by atoms with van der Waals surface area (Å²) in [6.07, 6.45) is 1.79. The van der Waals surface area contributed by atoms with Gasteiger partial charge >= 0.3 is 0 Å². The number of nitrogens with zero attached hydrogens (tertiary/aromatic N) is 3. The molecule has 0 saturated carbocycles. The molecule has 5 nitrogen and oxygen atoms in total. The fraction of sp³-hybridized carbons (Fsp3) is 0.125. The minimum Gasteiger partial charge on any atom is -0.318 e. The molecule has 1 amide bonds. The van der Waals surface area contributed by atoms with Gasteiger partial charge in [-0.3, -0.25) is 15.1 Å². The van der Waals surface area contributed by atoms with Crippen molar-refractivity contribution in [2.24, 2.45) is 4.99 Å². The number of amides is 1. The first-order valence-corrected chi connectivity index (χ1v) is 10.6. The van der Waals surface area contributed by atoms with E-state index >= 15 is 0 Å². The summed E-state index contributed by atoms with van der Waals surface area (Å²) < 4.78 is 2.18. The summed E-state index contributed by atoms with van der Waals surface area (Å²) in [5.41, 5.74) is 5.31. The summed E-state index contributed by atoms with van der Waals surface area (Å²) in [6.45, 7) is 6.01. The Bertz CT molecular complexity index is 1340. The van der Waals surface area contributed by atoms with Crippen molar-refractivity contribution in [1.82, 2.24) is 9.47 Å². The van der Waals surface area contributed by atoms with Crippen LogP contribution in [0, 0.1) is 19.3 Å². The van der Waals surface area contributed by atoms with E-state index in [1.165, 1.54) is 22.5 Å². The second-order valence-electron chi connectivity index (χ2n) is 7.51. The summed E-state index contributed by atoms with van der Waals surface area (Å²) in [5, 5.41) is 13.4. The van der Waals surface area contributed by atoms with Gasteiger partial charge in [0.15, 0.2) is 5.17 Å². The number of aromatic nitrogens is 1. The number of carbonyl (C=O) groups is 1. The van der Waals surface area contributed by atoms with Crippen LogP contribution in [-0.2, 0) is 4.79 Å². The Labute approximate surface area is 178 Å². The topological polar surface area (TPSA) is 61.5 Å². The standard InChI is InChI=1S/C24H20N4OS/c1-14-10-19(12-21-22(25)28-15(2)13-30-24(28)26-23(21)29)16(3)27(14)20-9-8-17-6-4-5-7-18(17)11-20/h4-13,25H,1-3H3/b21-12+,25-22?. The second kappa shape index (κ2) is 6.85. The monoisotopic (exact) mass is 412 g/mol. The SMILES string of the molecule is CC1=CSC2=NC(=O)/C(=C/c3cc(C)n(-c4ccc5ccccc5c4)c3C)C(=N)N12. The van der Waals surface area contributed by atoms with Crippen LogP contribution < -0.4 is 0 Å². The maximum Gasteiger partial charge on any atom is 0.283 e. The minimum absolute atomic E-state index is 0.180. The molecule has 1 aromatic heterocycles.